The summed E-state index contributed by atoms with van der Waals surface area (Å²) < 4.78 is 1.41. The third-order valence-electron chi connectivity index (χ3n) is 3.44. The molecule has 0 bridgehead atoms. The third-order valence-corrected chi connectivity index (χ3v) is 4.46. The van der Waals surface area contributed by atoms with Crippen molar-refractivity contribution in [3.63, 3.8) is 0 Å². The zero-order chi connectivity index (χ0) is 12.2. The number of benzene rings is 1. The van der Waals surface area contributed by atoms with Crippen LogP contribution in [-0.4, -0.2) is 25.7 Å². The van der Waals surface area contributed by atoms with Gasteiger partial charge in [0.2, 0.25) is 0 Å². The van der Waals surface area contributed by atoms with E-state index in [0.717, 1.165) is 32.1 Å². The second kappa shape index (κ2) is 5.83. The summed E-state index contributed by atoms with van der Waals surface area (Å²) in [5.41, 5.74) is 1.48. The van der Waals surface area contributed by atoms with Crippen molar-refractivity contribution in [2.24, 2.45) is 0 Å². The van der Waals surface area contributed by atoms with Crippen LogP contribution in [0.15, 0.2) is 29.6 Å². The fourth-order valence-corrected chi connectivity index (χ4v) is 3.22. The summed E-state index contributed by atoms with van der Waals surface area (Å²) >= 11 is 1.85. The number of thiophene rings is 1. The van der Waals surface area contributed by atoms with Crippen LogP contribution in [0.25, 0.3) is 10.1 Å². The lowest BCUT2D eigenvalue weighted by atomic mass is 10.1. The molecule has 2 aromatic rings. The van der Waals surface area contributed by atoms with Gasteiger partial charge in [0.05, 0.1) is 0 Å². The highest BCUT2D eigenvalue weighted by Gasteiger charge is 2.19. The van der Waals surface area contributed by atoms with Gasteiger partial charge in [-0.25, -0.2) is 0 Å². The quantitative estimate of drug-likeness (QED) is 0.748. The van der Waals surface area contributed by atoms with Crippen LogP contribution in [0.2, 0.25) is 0 Å². The predicted octanol–water partition coefficient (Wildman–Crippen LogP) is 2.79. The van der Waals surface area contributed by atoms with Crippen LogP contribution in [-0.2, 0) is 6.42 Å². The molecule has 0 spiro atoms. The molecule has 0 saturated heterocycles. The Balaban J connectivity index is 1.41. The number of hydrogen-bond donors (Lipinski definition) is 2. The van der Waals surface area contributed by atoms with Crippen molar-refractivity contribution in [3.8, 4) is 0 Å². The molecule has 1 aliphatic rings. The Morgan fingerprint density at radius 2 is 2.00 bits per heavy atom. The van der Waals surface area contributed by atoms with E-state index in [9.17, 15) is 0 Å². The van der Waals surface area contributed by atoms with Crippen LogP contribution < -0.4 is 10.6 Å². The molecule has 1 heterocycles. The maximum absolute atomic E-state index is 3.52. The highest BCUT2D eigenvalue weighted by Crippen LogP contribution is 2.25. The molecule has 1 aromatic carbocycles. The van der Waals surface area contributed by atoms with Crippen LogP contribution >= 0.6 is 11.3 Å². The van der Waals surface area contributed by atoms with Crippen LogP contribution in [0, 0.1) is 0 Å². The average Bonchev–Trinajstić information content (AvgIpc) is 3.14. The van der Waals surface area contributed by atoms with Crippen LogP contribution in [0.5, 0.6) is 0 Å². The SMILES string of the molecule is c1ccc2c(CCNCCNC3CC3)csc2c1. The fourth-order valence-electron chi connectivity index (χ4n) is 2.23. The number of fused-ring (bicyclic) bond motifs is 1. The minimum atomic E-state index is 0.826. The molecule has 18 heavy (non-hydrogen) atoms. The van der Waals surface area contributed by atoms with Crippen LogP contribution in [0.3, 0.4) is 0 Å². The lowest BCUT2D eigenvalue weighted by molar-refractivity contribution is 0.609. The van der Waals surface area contributed by atoms with Gasteiger partial charge in [-0.15, -0.1) is 11.3 Å². The van der Waals surface area contributed by atoms with E-state index < -0.39 is 0 Å². The first-order valence-corrected chi connectivity index (χ1v) is 7.70. The largest absolute Gasteiger partial charge is 0.315 e. The zero-order valence-corrected chi connectivity index (χ0v) is 11.4. The predicted molar refractivity (Wildman–Crippen MR) is 79.4 cm³/mol. The summed E-state index contributed by atoms with van der Waals surface area (Å²) in [5, 5.41) is 10.8. The smallest absolute Gasteiger partial charge is 0.0345 e. The van der Waals surface area contributed by atoms with Gasteiger partial charge in [0.1, 0.15) is 0 Å². The van der Waals surface area contributed by atoms with Crippen LogP contribution in [0.1, 0.15) is 18.4 Å². The molecule has 96 valence electrons. The van der Waals surface area contributed by atoms with E-state index in [2.05, 4.69) is 40.3 Å². The normalized spacial score (nSPS) is 15.3. The summed E-state index contributed by atoms with van der Waals surface area (Å²) in [4.78, 5) is 0. The van der Waals surface area contributed by atoms with Crippen molar-refractivity contribution in [2.45, 2.75) is 25.3 Å². The Kier molecular flexibility index (Phi) is 3.93. The van der Waals surface area contributed by atoms with E-state index in [1.54, 1.807) is 0 Å². The van der Waals surface area contributed by atoms with Gasteiger partial charge in [-0.3, -0.25) is 0 Å². The summed E-state index contributed by atoms with van der Waals surface area (Å²) in [7, 11) is 0. The molecular formula is C15H20N2S. The van der Waals surface area contributed by atoms with Crippen molar-refractivity contribution in [2.75, 3.05) is 19.6 Å². The molecule has 1 aliphatic carbocycles. The first-order chi connectivity index (χ1) is 8.93. The van der Waals surface area contributed by atoms with E-state index in [0.29, 0.717) is 0 Å². The molecule has 0 unspecified atom stereocenters. The summed E-state index contributed by atoms with van der Waals surface area (Å²) in [5.74, 6) is 0. The van der Waals surface area contributed by atoms with Gasteiger partial charge in [0.25, 0.3) is 0 Å². The Morgan fingerprint density at radius 3 is 2.89 bits per heavy atom. The van der Waals surface area contributed by atoms with Gasteiger partial charge < -0.3 is 10.6 Å². The van der Waals surface area contributed by atoms with Crippen molar-refractivity contribution in [1.82, 2.24) is 10.6 Å². The van der Waals surface area contributed by atoms with Gasteiger partial charge in [-0.2, -0.15) is 0 Å². The van der Waals surface area contributed by atoms with E-state index in [1.165, 1.54) is 28.5 Å². The highest BCUT2D eigenvalue weighted by atomic mass is 32.1. The molecular weight excluding hydrogens is 240 g/mol. The Bertz CT molecular complexity index is 502. The van der Waals surface area contributed by atoms with Gasteiger partial charge in [-0.1, -0.05) is 18.2 Å². The Hall–Kier alpha value is -0.900. The summed E-state index contributed by atoms with van der Waals surface area (Å²) in [6.07, 6.45) is 3.88. The molecule has 3 rings (SSSR count). The maximum atomic E-state index is 3.52. The van der Waals surface area contributed by atoms with Gasteiger partial charge in [0.15, 0.2) is 0 Å². The standard InChI is InChI=1S/C15H20N2S/c1-2-4-15-14(3-1)12(11-18-15)7-8-16-9-10-17-13-5-6-13/h1-4,11,13,16-17H,5-10H2. The second-order valence-corrected chi connectivity index (χ2v) is 5.90. The zero-order valence-electron chi connectivity index (χ0n) is 10.6. The van der Waals surface area contributed by atoms with E-state index >= 15 is 0 Å². The first-order valence-electron chi connectivity index (χ1n) is 6.83. The monoisotopic (exact) mass is 260 g/mol. The molecule has 2 nitrogen and oxygen atoms in total. The van der Waals surface area contributed by atoms with Gasteiger partial charge >= 0.3 is 0 Å². The highest BCUT2D eigenvalue weighted by molar-refractivity contribution is 7.17. The van der Waals surface area contributed by atoms with Gasteiger partial charge in [-0.05, 0) is 48.2 Å². The summed E-state index contributed by atoms with van der Waals surface area (Å²) in [6, 6.07) is 9.51. The van der Waals surface area contributed by atoms with Crippen molar-refractivity contribution < 1.29 is 0 Å². The molecule has 1 aromatic heterocycles. The van der Waals surface area contributed by atoms with Crippen molar-refractivity contribution in [3.05, 3.63) is 35.2 Å². The number of rotatable bonds is 7. The Labute approximate surface area is 112 Å². The minimum Gasteiger partial charge on any atom is -0.315 e. The third kappa shape index (κ3) is 3.10. The first kappa shape index (κ1) is 12.2. The van der Waals surface area contributed by atoms with Crippen molar-refractivity contribution in [1.29, 1.82) is 0 Å². The minimum absolute atomic E-state index is 0.826. The lowest BCUT2D eigenvalue weighted by Gasteiger charge is -2.05. The lowest BCUT2D eigenvalue weighted by Crippen LogP contribution is -2.29. The molecule has 0 aliphatic heterocycles. The molecule has 1 fully saturated rings. The number of nitrogens with one attached hydrogen (secondary N) is 2. The maximum Gasteiger partial charge on any atom is 0.0345 e. The second-order valence-electron chi connectivity index (χ2n) is 4.99. The van der Waals surface area contributed by atoms with Crippen molar-refractivity contribution >= 4 is 21.4 Å². The molecule has 0 radical (unpaired) electrons. The molecule has 2 N–H and O–H groups in total. The van der Waals surface area contributed by atoms with Crippen LogP contribution in [0.4, 0.5) is 0 Å². The molecule has 1 saturated carbocycles. The molecule has 3 heteroatoms. The van der Waals surface area contributed by atoms with E-state index in [1.807, 2.05) is 11.3 Å². The molecule has 0 atom stereocenters. The fraction of sp³-hybridized carbons (Fsp3) is 0.467. The van der Waals surface area contributed by atoms with E-state index in [-0.39, 0.29) is 0 Å². The topological polar surface area (TPSA) is 24.1 Å². The molecule has 0 amide bonds. The summed E-state index contributed by atoms with van der Waals surface area (Å²) in [6.45, 7) is 3.26. The average molecular weight is 260 g/mol. The Morgan fingerprint density at radius 1 is 1.11 bits per heavy atom. The number of hydrogen-bond acceptors (Lipinski definition) is 3. The van der Waals surface area contributed by atoms with Gasteiger partial charge in [0, 0.05) is 23.8 Å². The van der Waals surface area contributed by atoms with E-state index in [4.69, 9.17) is 0 Å².